The van der Waals surface area contributed by atoms with Gasteiger partial charge in [0.05, 0.1) is 37.5 Å². The average Bonchev–Trinajstić information content (AvgIpc) is 3.47. The Bertz CT molecular complexity index is 1300. The van der Waals surface area contributed by atoms with Gasteiger partial charge in [-0.1, -0.05) is 63.2 Å². The molecule has 1 saturated heterocycles. The van der Waals surface area contributed by atoms with Crippen LogP contribution in [-0.2, 0) is 37.9 Å². The van der Waals surface area contributed by atoms with Crippen LogP contribution in [0.2, 0.25) is 0 Å². The number of benzene rings is 2. The molecule has 8 nitrogen and oxygen atoms in total. The predicted octanol–water partition coefficient (Wildman–Crippen LogP) is 4.17. The first-order valence-corrected chi connectivity index (χ1v) is 15.3. The monoisotopic (exact) mass is 567 g/mol. The van der Waals surface area contributed by atoms with E-state index in [0.717, 1.165) is 24.2 Å². The Labute approximate surface area is 238 Å². The largest absolute Gasteiger partial charge is 0.467 e. The molecule has 40 heavy (non-hydrogen) atoms. The van der Waals surface area contributed by atoms with E-state index in [1.165, 1.54) is 4.31 Å². The highest BCUT2D eigenvalue weighted by atomic mass is 32.2. The highest BCUT2D eigenvalue weighted by Crippen LogP contribution is 2.25. The van der Waals surface area contributed by atoms with E-state index in [4.69, 9.17) is 9.15 Å². The van der Waals surface area contributed by atoms with Gasteiger partial charge in [-0.15, -0.1) is 0 Å². The zero-order valence-electron chi connectivity index (χ0n) is 23.8. The SMILES string of the molecule is CC(C)(C)c1ccc(S(=O)(=O)N(CCN2CCOCC2)CC(=O)N(CCc2ccccc2)Cc2ccco2)cc1. The molecule has 1 amide bonds. The van der Waals surface area contributed by atoms with E-state index < -0.39 is 10.0 Å². The Morgan fingerprint density at radius 2 is 1.62 bits per heavy atom. The van der Waals surface area contributed by atoms with Crippen molar-refractivity contribution in [1.29, 1.82) is 0 Å². The minimum Gasteiger partial charge on any atom is -0.467 e. The maximum atomic E-state index is 13.9. The van der Waals surface area contributed by atoms with Crippen LogP contribution in [0.15, 0.2) is 82.3 Å². The molecule has 4 rings (SSSR count). The second-order valence-corrected chi connectivity index (χ2v) is 13.1. The standard InChI is InChI=1S/C31H41N3O5S/c1-31(2,3)27-11-13-29(14-12-27)40(36,37)34(18-17-32-19-22-38-23-20-32)25-30(35)33(24-28-10-7-21-39-28)16-15-26-8-5-4-6-9-26/h4-14,21H,15-20,22-25H2,1-3H3. The van der Waals surface area contributed by atoms with Crippen molar-refractivity contribution in [2.45, 2.75) is 44.0 Å². The average molecular weight is 568 g/mol. The first kappa shape index (κ1) is 30.0. The van der Waals surface area contributed by atoms with E-state index in [9.17, 15) is 13.2 Å². The van der Waals surface area contributed by atoms with Crippen molar-refractivity contribution in [1.82, 2.24) is 14.1 Å². The summed E-state index contributed by atoms with van der Waals surface area (Å²) in [7, 11) is -3.92. The number of carbonyl (C=O) groups is 1. The zero-order chi connectivity index (χ0) is 28.6. The fourth-order valence-corrected chi connectivity index (χ4v) is 6.06. The molecule has 2 heterocycles. The van der Waals surface area contributed by atoms with Crippen molar-refractivity contribution in [2.75, 3.05) is 52.5 Å². The maximum Gasteiger partial charge on any atom is 0.243 e. The molecular formula is C31H41N3O5S. The van der Waals surface area contributed by atoms with E-state index in [1.54, 1.807) is 29.4 Å². The van der Waals surface area contributed by atoms with Crippen molar-refractivity contribution in [3.05, 3.63) is 89.9 Å². The number of amides is 1. The number of ether oxygens (including phenoxy) is 1. The lowest BCUT2D eigenvalue weighted by molar-refractivity contribution is -0.132. The van der Waals surface area contributed by atoms with Crippen LogP contribution in [0.1, 0.15) is 37.7 Å². The molecule has 1 fully saturated rings. The van der Waals surface area contributed by atoms with Gasteiger partial charge in [0, 0.05) is 32.7 Å². The van der Waals surface area contributed by atoms with Crippen LogP contribution < -0.4 is 0 Å². The van der Waals surface area contributed by atoms with Gasteiger partial charge in [0.1, 0.15) is 5.76 Å². The van der Waals surface area contributed by atoms with Crippen LogP contribution in [0.5, 0.6) is 0 Å². The summed E-state index contributed by atoms with van der Waals surface area (Å²) in [6.07, 6.45) is 2.23. The maximum absolute atomic E-state index is 13.9. The van der Waals surface area contributed by atoms with Crippen LogP contribution in [-0.4, -0.2) is 80.9 Å². The fraction of sp³-hybridized carbons (Fsp3) is 0.452. The zero-order valence-corrected chi connectivity index (χ0v) is 24.6. The van der Waals surface area contributed by atoms with Crippen LogP contribution >= 0.6 is 0 Å². The van der Waals surface area contributed by atoms with Crippen molar-refractivity contribution >= 4 is 15.9 Å². The summed E-state index contributed by atoms with van der Waals surface area (Å²) in [4.78, 5) is 17.8. The number of carbonyl (C=O) groups excluding carboxylic acids is 1. The van der Waals surface area contributed by atoms with Crippen molar-refractivity contribution < 1.29 is 22.4 Å². The lowest BCUT2D eigenvalue weighted by atomic mass is 9.87. The molecule has 1 aromatic heterocycles. The molecule has 0 N–H and O–H groups in total. The summed E-state index contributed by atoms with van der Waals surface area (Å²) < 4.78 is 40.1. The summed E-state index contributed by atoms with van der Waals surface area (Å²) in [5.74, 6) is 0.395. The Morgan fingerprint density at radius 1 is 0.925 bits per heavy atom. The van der Waals surface area contributed by atoms with Crippen molar-refractivity contribution in [3.63, 3.8) is 0 Å². The number of furan rings is 1. The van der Waals surface area contributed by atoms with Gasteiger partial charge in [-0.3, -0.25) is 9.69 Å². The molecule has 9 heteroatoms. The summed E-state index contributed by atoms with van der Waals surface area (Å²) in [6, 6.07) is 20.6. The molecule has 0 spiro atoms. The molecule has 1 aliphatic heterocycles. The lowest BCUT2D eigenvalue weighted by Crippen LogP contribution is -2.47. The summed E-state index contributed by atoms with van der Waals surface area (Å²) in [6.45, 7) is 10.2. The number of nitrogens with zero attached hydrogens (tertiary/aromatic N) is 3. The van der Waals surface area contributed by atoms with E-state index in [-0.39, 0.29) is 35.9 Å². The number of hydrogen-bond acceptors (Lipinski definition) is 6. The Morgan fingerprint density at radius 3 is 2.25 bits per heavy atom. The van der Waals surface area contributed by atoms with Crippen LogP contribution in [0, 0.1) is 0 Å². The van der Waals surface area contributed by atoms with Crippen LogP contribution in [0.3, 0.4) is 0 Å². The number of morpholine rings is 1. The lowest BCUT2D eigenvalue weighted by Gasteiger charge is -2.31. The quantitative estimate of drug-likeness (QED) is 0.327. The summed E-state index contributed by atoms with van der Waals surface area (Å²) >= 11 is 0. The molecule has 0 bridgehead atoms. The molecule has 1 aliphatic rings. The highest BCUT2D eigenvalue weighted by Gasteiger charge is 2.30. The van der Waals surface area contributed by atoms with E-state index in [2.05, 4.69) is 25.7 Å². The van der Waals surface area contributed by atoms with Gasteiger partial charge in [-0.05, 0) is 47.2 Å². The molecule has 216 valence electrons. The normalized spacial score (nSPS) is 14.9. The second kappa shape index (κ2) is 13.6. The van der Waals surface area contributed by atoms with Gasteiger partial charge in [0.25, 0.3) is 0 Å². The van der Waals surface area contributed by atoms with Crippen LogP contribution in [0.25, 0.3) is 0 Å². The van der Waals surface area contributed by atoms with Gasteiger partial charge in [-0.25, -0.2) is 8.42 Å². The van der Waals surface area contributed by atoms with E-state index in [1.807, 2.05) is 48.5 Å². The van der Waals surface area contributed by atoms with E-state index in [0.29, 0.717) is 38.5 Å². The van der Waals surface area contributed by atoms with Crippen molar-refractivity contribution in [3.8, 4) is 0 Å². The third-order valence-electron chi connectivity index (χ3n) is 7.23. The first-order valence-electron chi connectivity index (χ1n) is 13.9. The Kier molecular flexibility index (Phi) is 10.2. The molecule has 0 aliphatic carbocycles. The minimum atomic E-state index is -3.92. The third-order valence-corrected chi connectivity index (χ3v) is 9.09. The third kappa shape index (κ3) is 8.27. The highest BCUT2D eigenvalue weighted by molar-refractivity contribution is 7.89. The van der Waals surface area contributed by atoms with E-state index >= 15 is 0 Å². The summed E-state index contributed by atoms with van der Waals surface area (Å²) in [5.41, 5.74) is 2.06. The molecule has 0 radical (unpaired) electrons. The van der Waals surface area contributed by atoms with Crippen LogP contribution in [0.4, 0.5) is 0 Å². The molecule has 0 atom stereocenters. The minimum absolute atomic E-state index is 0.0978. The second-order valence-electron chi connectivity index (χ2n) is 11.2. The molecule has 2 aromatic carbocycles. The smallest absolute Gasteiger partial charge is 0.243 e. The topological polar surface area (TPSA) is 83.3 Å². The number of sulfonamides is 1. The van der Waals surface area contributed by atoms with Gasteiger partial charge in [-0.2, -0.15) is 4.31 Å². The molecular weight excluding hydrogens is 526 g/mol. The van der Waals surface area contributed by atoms with Gasteiger partial charge >= 0.3 is 0 Å². The Balaban J connectivity index is 1.55. The van der Waals surface area contributed by atoms with Gasteiger partial charge < -0.3 is 14.1 Å². The molecule has 0 unspecified atom stereocenters. The summed E-state index contributed by atoms with van der Waals surface area (Å²) in [5, 5.41) is 0. The molecule has 3 aromatic rings. The predicted molar refractivity (Wildman–Crippen MR) is 155 cm³/mol. The number of rotatable bonds is 12. The van der Waals surface area contributed by atoms with Gasteiger partial charge in [0.15, 0.2) is 0 Å². The van der Waals surface area contributed by atoms with Gasteiger partial charge in [0.2, 0.25) is 15.9 Å². The fourth-order valence-electron chi connectivity index (χ4n) is 4.68. The molecule has 0 saturated carbocycles. The number of hydrogen-bond donors (Lipinski definition) is 0. The first-order chi connectivity index (χ1) is 19.1. The van der Waals surface area contributed by atoms with Crippen molar-refractivity contribution in [2.24, 2.45) is 0 Å². The Hall–Kier alpha value is -2.98.